The molecule has 1 aliphatic heterocycles. The number of carbonyl (C=O) groups is 1. The van der Waals surface area contributed by atoms with Gasteiger partial charge in [0.1, 0.15) is 5.60 Å². The van der Waals surface area contributed by atoms with Gasteiger partial charge < -0.3 is 4.74 Å². The summed E-state index contributed by atoms with van der Waals surface area (Å²) in [6, 6.07) is 2.58. The highest BCUT2D eigenvalue weighted by atomic mass is 35.5. The highest BCUT2D eigenvalue weighted by molar-refractivity contribution is 6.42. The Kier molecular flexibility index (Phi) is 4.10. The Morgan fingerprint density at radius 2 is 1.95 bits per heavy atom. The molecule has 0 unspecified atom stereocenters. The van der Waals surface area contributed by atoms with E-state index in [0.717, 1.165) is 4.90 Å². The lowest BCUT2D eigenvalue weighted by Crippen LogP contribution is -2.45. The Bertz CT molecular complexity index is 585. The van der Waals surface area contributed by atoms with Crippen LogP contribution in [0.15, 0.2) is 12.1 Å². The van der Waals surface area contributed by atoms with Gasteiger partial charge in [-0.1, -0.05) is 29.3 Å². The van der Waals surface area contributed by atoms with E-state index in [9.17, 15) is 13.6 Å². The molecular weight excluding hydrogens is 323 g/mol. The van der Waals surface area contributed by atoms with Crippen molar-refractivity contribution < 1.29 is 18.3 Å². The van der Waals surface area contributed by atoms with E-state index in [1.165, 1.54) is 12.1 Å². The average molecular weight is 338 g/mol. The normalized spacial score (nSPS) is 17.4. The molecule has 1 amide bonds. The van der Waals surface area contributed by atoms with Gasteiger partial charge in [0.2, 0.25) is 0 Å². The second-order valence-corrected chi connectivity index (χ2v) is 6.71. The zero-order valence-corrected chi connectivity index (χ0v) is 13.4. The number of rotatable bonds is 0. The van der Waals surface area contributed by atoms with Crippen molar-refractivity contribution in [1.29, 1.82) is 0 Å². The molecule has 0 N–H and O–H groups in total. The average Bonchev–Trinajstić information content (AvgIpc) is 2.31. The van der Waals surface area contributed by atoms with Crippen LogP contribution in [0.25, 0.3) is 0 Å². The molecule has 2 rings (SSSR count). The number of hydrogen-bond acceptors (Lipinski definition) is 2. The molecule has 1 aromatic carbocycles. The maximum Gasteiger partial charge on any atom is 0.410 e. The third kappa shape index (κ3) is 3.40. The number of carbonyl (C=O) groups excluding carboxylic acids is 1. The second-order valence-electron chi connectivity index (χ2n) is 5.93. The Morgan fingerprint density at radius 1 is 1.33 bits per heavy atom. The van der Waals surface area contributed by atoms with Crippen LogP contribution in [0.2, 0.25) is 10.0 Å². The summed E-state index contributed by atoms with van der Waals surface area (Å²) >= 11 is 11.9. The van der Waals surface area contributed by atoms with Gasteiger partial charge in [-0.15, -0.1) is 0 Å². The van der Waals surface area contributed by atoms with Crippen molar-refractivity contribution in [3.05, 3.63) is 33.3 Å². The number of amides is 1. The first-order chi connectivity index (χ1) is 9.51. The highest BCUT2D eigenvalue weighted by Gasteiger charge is 2.44. The van der Waals surface area contributed by atoms with Crippen molar-refractivity contribution in [2.24, 2.45) is 0 Å². The SMILES string of the molecule is CC(C)(C)OC(=O)N1Cc2c(ccc(Cl)c2Cl)C(F)(F)C1. The molecule has 0 bridgehead atoms. The van der Waals surface area contributed by atoms with E-state index in [1.54, 1.807) is 20.8 Å². The molecule has 7 heteroatoms. The maximum atomic E-state index is 14.2. The van der Waals surface area contributed by atoms with E-state index in [0.29, 0.717) is 0 Å². The topological polar surface area (TPSA) is 29.5 Å². The van der Waals surface area contributed by atoms with E-state index in [1.807, 2.05) is 0 Å². The van der Waals surface area contributed by atoms with Gasteiger partial charge >= 0.3 is 6.09 Å². The molecule has 0 aliphatic carbocycles. The fourth-order valence-corrected chi connectivity index (χ4v) is 2.52. The van der Waals surface area contributed by atoms with Gasteiger partial charge in [0.15, 0.2) is 0 Å². The van der Waals surface area contributed by atoms with Crippen LogP contribution in [0, 0.1) is 0 Å². The standard InChI is InChI=1S/C14H15Cl2F2NO2/c1-13(2,3)21-12(20)19-6-8-9(14(17,18)7-19)4-5-10(15)11(8)16/h4-5H,6-7H2,1-3H3. The zero-order valence-electron chi connectivity index (χ0n) is 11.8. The molecule has 1 aromatic rings. The maximum absolute atomic E-state index is 14.2. The van der Waals surface area contributed by atoms with Crippen molar-refractivity contribution in [1.82, 2.24) is 4.90 Å². The highest BCUT2D eigenvalue weighted by Crippen LogP contribution is 2.42. The van der Waals surface area contributed by atoms with Gasteiger partial charge in [0.05, 0.1) is 23.1 Å². The number of benzene rings is 1. The number of alkyl halides is 2. The van der Waals surface area contributed by atoms with Crippen LogP contribution in [0.4, 0.5) is 13.6 Å². The minimum atomic E-state index is -3.20. The van der Waals surface area contributed by atoms with E-state index < -0.39 is 24.2 Å². The fraction of sp³-hybridized carbons (Fsp3) is 0.500. The molecule has 0 aromatic heterocycles. The van der Waals surface area contributed by atoms with Gasteiger partial charge in [-0.25, -0.2) is 4.79 Å². The molecule has 21 heavy (non-hydrogen) atoms. The van der Waals surface area contributed by atoms with Crippen LogP contribution in [-0.2, 0) is 17.2 Å². The van der Waals surface area contributed by atoms with Crippen molar-refractivity contribution in [2.45, 2.75) is 38.8 Å². The molecule has 0 saturated heterocycles. The number of halogens is 4. The summed E-state index contributed by atoms with van der Waals surface area (Å²) in [5, 5.41) is 0.222. The van der Waals surface area contributed by atoms with E-state index in [4.69, 9.17) is 27.9 Å². The van der Waals surface area contributed by atoms with Crippen molar-refractivity contribution in [3.8, 4) is 0 Å². The van der Waals surface area contributed by atoms with Crippen molar-refractivity contribution >= 4 is 29.3 Å². The van der Waals surface area contributed by atoms with Crippen LogP contribution in [0.5, 0.6) is 0 Å². The molecule has 0 radical (unpaired) electrons. The van der Waals surface area contributed by atoms with Gasteiger partial charge in [-0.3, -0.25) is 4.90 Å². The Balaban J connectivity index is 2.36. The quantitative estimate of drug-likeness (QED) is 0.678. The Hall–Kier alpha value is -1.07. The lowest BCUT2D eigenvalue weighted by atomic mass is 9.96. The number of nitrogens with zero attached hydrogens (tertiary/aromatic N) is 1. The van der Waals surface area contributed by atoms with Gasteiger partial charge in [0.25, 0.3) is 5.92 Å². The summed E-state index contributed by atoms with van der Waals surface area (Å²) in [4.78, 5) is 12.9. The summed E-state index contributed by atoms with van der Waals surface area (Å²) in [5.74, 6) is -3.20. The first kappa shape index (κ1) is 16.3. The van der Waals surface area contributed by atoms with Crippen LogP contribution < -0.4 is 0 Å². The van der Waals surface area contributed by atoms with E-state index >= 15 is 0 Å². The summed E-state index contributed by atoms with van der Waals surface area (Å²) in [6.07, 6.45) is -0.802. The second kappa shape index (κ2) is 5.29. The van der Waals surface area contributed by atoms with Gasteiger partial charge in [-0.05, 0) is 26.8 Å². The molecular formula is C14H15Cl2F2NO2. The fourth-order valence-electron chi connectivity index (χ4n) is 2.12. The number of fused-ring (bicyclic) bond motifs is 1. The lowest BCUT2D eigenvalue weighted by Gasteiger charge is -2.35. The number of ether oxygens (including phenoxy) is 1. The van der Waals surface area contributed by atoms with Crippen LogP contribution >= 0.6 is 23.2 Å². The van der Waals surface area contributed by atoms with Crippen LogP contribution in [0.1, 0.15) is 31.9 Å². The predicted octanol–water partition coefficient (Wildman–Crippen LogP) is 4.84. The van der Waals surface area contributed by atoms with Crippen LogP contribution in [-0.4, -0.2) is 23.1 Å². The monoisotopic (exact) mass is 337 g/mol. The summed E-state index contributed by atoms with van der Waals surface area (Å²) in [7, 11) is 0. The van der Waals surface area contributed by atoms with Crippen LogP contribution in [0.3, 0.4) is 0 Å². The minimum absolute atomic E-state index is 0.0436. The lowest BCUT2D eigenvalue weighted by molar-refractivity contribution is -0.0591. The van der Waals surface area contributed by atoms with Crippen molar-refractivity contribution in [2.75, 3.05) is 6.54 Å². The first-order valence-electron chi connectivity index (χ1n) is 6.34. The minimum Gasteiger partial charge on any atom is -0.444 e. The molecule has 1 aliphatic rings. The third-order valence-electron chi connectivity index (χ3n) is 2.98. The van der Waals surface area contributed by atoms with Gasteiger partial charge in [-0.2, -0.15) is 8.78 Å². The molecule has 0 spiro atoms. The molecule has 0 saturated carbocycles. The smallest absolute Gasteiger partial charge is 0.410 e. The third-order valence-corrected chi connectivity index (χ3v) is 3.82. The predicted molar refractivity (Wildman–Crippen MR) is 77.0 cm³/mol. The van der Waals surface area contributed by atoms with Crippen molar-refractivity contribution in [3.63, 3.8) is 0 Å². The van der Waals surface area contributed by atoms with Gasteiger partial charge in [0, 0.05) is 11.1 Å². The number of hydrogen-bond donors (Lipinski definition) is 0. The molecule has 3 nitrogen and oxygen atoms in total. The van der Waals surface area contributed by atoms with E-state index in [-0.39, 0.29) is 27.7 Å². The molecule has 0 atom stereocenters. The molecule has 0 fully saturated rings. The van der Waals surface area contributed by atoms with E-state index in [2.05, 4.69) is 0 Å². The summed E-state index contributed by atoms with van der Waals surface area (Å²) in [5.41, 5.74) is -0.798. The zero-order chi connectivity index (χ0) is 16.0. The Morgan fingerprint density at radius 3 is 2.52 bits per heavy atom. The first-order valence-corrected chi connectivity index (χ1v) is 7.10. The summed E-state index contributed by atoms with van der Waals surface area (Å²) in [6.45, 7) is 4.21. The Labute approximate surface area is 131 Å². The summed E-state index contributed by atoms with van der Waals surface area (Å²) < 4.78 is 33.5. The molecule has 116 valence electrons. The largest absolute Gasteiger partial charge is 0.444 e. The molecule has 1 heterocycles.